The Morgan fingerprint density at radius 3 is 2.76 bits per heavy atom. The number of rotatable bonds is 5. The van der Waals surface area contributed by atoms with Gasteiger partial charge in [-0.1, -0.05) is 0 Å². The average Bonchev–Trinajstić information content (AvgIpc) is 2.79. The Morgan fingerprint density at radius 1 is 1.29 bits per heavy atom. The van der Waals surface area contributed by atoms with Crippen LogP contribution >= 0.6 is 11.8 Å². The van der Waals surface area contributed by atoms with Crippen molar-refractivity contribution in [1.29, 1.82) is 0 Å². The van der Waals surface area contributed by atoms with E-state index < -0.39 is 0 Å². The van der Waals surface area contributed by atoms with Gasteiger partial charge in [0.2, 0.25) is 5.89 Å². The van der Waals surface area contributed by atoms with Crippen molar-refractivity contribution in [3.8, 4) is 11.5 Å². The lowest BCUT2D eigenvalue weighted by Crippen LogP contribution is -1.88. The smallest absolute Gasteiger partial charge is 0.226 e. The highest BCUT2D eigenvalue weighted by Crippen LogP contribution is 2.20. The second-order valence-electron chi connectivity index (χ2n) is 3.43. The number of oxazole rings is 1. The van der Waals surface area contributed by atoms with Crippen LogP contribution in [0.3, 0.4) is 0 Å². The van der Waals surface area contributed by atoms with Crippen LogP contribution in [0.2, 0.25) is 0 Å². The van der Waals surface area contributed by atoms with E-state index >= 15 is 0 Å². The van der Waals surface area contributed by atoms with Crippen LogP contribution in [-0.4, -0.2) is 22.5 Å². The molecule has 1 aromatic heterocycles. The topological polar surface area (TPSA) is 46.3 Å². The largest absolute Gasteiger partial charge is 0.444 e. The minimum absolute atomic E-state index is 0.160. The normalized spacial score (nSPS) is 10.7. The molecule has 17 heavy (non-hydrogen) atoms. The molecule has 2 rings (SSSR count). The first-order chi connectivity index (χ1) is 8.29. The molecule has 0 aliphatic heterocycles. The van der Waals surface area contributed by atoms with Gasteiger partial charge >= 0.3 is 0 Å². The Kier molecular flexibility index (Phi) is 4.17. The molecule has 0 radical (unpaired) electrons. The van der Waals surface area contributed by atoms with Gasteiger partial charge < -0.3 is 9.52 Å². The molecule has 90 valence electrons. The minimum atomic E-state index is -0.279. The maximum atomic E-state index is 12.7. The molecule has 0 bridgehead atoms. The van der Waals surface area contributed by atoms with Gasteiger partial charge in [0, 0.05) is 17.1 Å². The van der Waals surface area contributed by atoms with E-state index in [1.807, 2.05) is 0 Å². The van der Waals surface area contributed by atoms with Crippen LogP contribution in [0.1, 0.15) is 5.69 Å². The van der Waals surface area contributed by atoms with Gasteiger partial charge in [-0.3, -0.25) is 0 Å². The van der Waals surface area contributed by atoms with Crippen molar-refractivity contribution in [2.75, 3.05) is 12.4 Å². The van der Waals surface area contributed by atoms with Crippen LogP contribution in [0.15, 0.2) is 34.9 Å². The first-order valence-corrected chi connectivity index (χ1v) is 6.34. The Bertz CT molecular complexity index is 470. The second kappa shape index (κ2) is 5.84. The number of benzene rings is 1. The SMILES string of the molecule is OCCSCc1coc(-c2ccc(F)cc2)n1. The van der Waals surface area contributed by atoms with E-state index in [4.69, 9.17) is 9.52 Å². The molecule has 0 spiro atoms. The van der Waals surface area contributed by atoms with Crippen LogP contribution in [0.5, 0.6) is 0 Å². The number of nitrogens with zero attached hydrogens (tertiary/aromatic N) is 1. The molecule has 0 unspecified atom stereocenters. The third kappa shape index (κ3) is 3.31. The van der Waals surface area contributed by atoms with Crippen LogP contribution in [0, 0.1) is 5.82 Å². The highest BCUT2D eigenvalue weighted by molar-refractivity contribution is 7.98. The second-order valence-corrected chi connectivity index (χ2v) is 4.53. The molecule has 0 fully saturated rings. The van der Waals surface area contributed by atoms with Crippen molar-refractivity contribution in [3.05, 3.63) is 42.0 Å². The first kappa shape index (κ1) is 12.1. The lowest BCUT2D eigenvalue weighted by atomic mass is 10.2. The van der Waals surface area contributed by atoms with Gasteiger partial charge in [-0.2, -0.15) is 11.8 Å². The summed E-state index contributed by atoms with van der Waals surface area (Å²) in [5, 5.41) is 8.65. The zero-order valence-electron chi connectivity index (χ0n) is 9.10. The molecule has 1 aromatic carbocycles. The lowest BCUT2D eigenvalue weighted by molar-refractivity contribution is 0.322. The Labute approximate surface area is 103 Å². The molecule has 2 aromatic rings. The van der Waals surface area contributed by atoms with Gasteiger partial charge in [-0.25, -0.2) is 9.37 Å². The number of aromatic nitrogens is 1. The average molecular weight is 253 g/mol. The molecule has 3 nitrogen and oxygen atoms in total. The van der Waals surface area contributed by atoms with E-state index in [1.54, 1.807) is 30.2 Å². The summed E-state index contributed by atoms with van der Waals surface area (Å²) in [6.07, 6.45) is 1.59. The summed E-state index contributed by atoms with van der Waals surface area (Å²) in [4.78, 5) is 4.29. The number of hydrogen-bond donors (Lipinski definition) is 1. The molecule has 0 saturated carbocycles. The van der Waals surface area contributed by atoms with Crippen molar-refractivity contribution in [3.63, 3.8) is 0 Å². The highest BCUT2D eigenvalue weighted by Gasteiger charge is 2.06. The number of thioether (sulfide) groups is 1. The summed E-state index contributed by atoms with van der Waals surface area (Å²) >= 11 is 1.58. The zero-order chi connectivity index (χ0) is 12.1. The first-order valence-electron chi connectivity index (χ1n) is 5.18. The molecule has 1 heterocycles. The van der Waals surface area contributed by atoms with E-state index in [2.05, 4.69) is 4.98 Å². The van der Waals surface area contributed by atoms with Gasteiger partial charge in [-0.05, 0) is 24.3 Å². The highest BCUT2D eigenvalue weighted by atomic mass is 32.2. The zero-order valence-corrected chi connectivity index (χ0v) is 9.91. The van der Waals surface area contributed by atoms with Gasteiger partial charge in [0.25, 0.3) is 0 Å². The summed E-state index contributed by atoms with van der Waals surface area (Å²) < 4.78 is 18.0. The standard InChI is InChI=1S/C12H12FNO2S/c13-10-3-1-9(2-4-10)12-14-11(7-16-12)8-17-6-5-15/h1-4,7,15H,5-6,8H2. The monoisotopic (exact) mass is 253 g/mol. The van der Waals surface area contributed by atoms with Crippen LogP contribution in [0.4, 0.5) is 4.39 Å². The quantitative estimate of drug-likeness (QED) is 0.832. The molecule has 5 heteroatoms. The third-order valence-electron chi connectivity index (χ3n) is 2.13. The van der Waals surface area contributed by atoms with Crippen LogP contribution < -0.4 is 0 Å². The Hall–Kier alpha value is -1.33. The summed E-state index contributed by atoms with van der Waals surface area (Å²) in [7, 11) is 0. The Balaban J connectivity index is 2.04. The molecule has 0 aliphatic rings. The fourth-order valence-electron chi connectivity index (χ4n) is 1.34. The van der Waals surface area contributed by atoms with E-state index in [0.717, 1.165) is 11.3 Å². The van der Waals surface area contributed by atoms with Crippen LogP contribution in [0.25, 0.3) is 11.5 Å². The van der Waals surface area contributed by atoms with Crippen molar-refractivity contribution in [2.45, 2.75) is 5.75 Å². The molecule has 0 aliphatic carbocycles. The lowest BCUT2D eigenvalue weighted by Gasteiger charge is -1.94. The summed E-state index contributed by atoms with van der Waals surface area (Å²) in [5.41, 5.74) is 1.58. The van der Waals surface area contributed by atoms with Crippen LogP contribution in [-0.2, 0) is 5.75 Å². The van der Waals surface area contributed by atoms with Gasteiger partial charge in [0.1, 0.15) is 12.1 Å². The van der Waals surface area contributed by atoms with Gasteiger partial charge in [0.15, 0.2) is 0 Å². The van der Waals surface area contributed by atoms with Crippen molar-refractivity contribution in [1.82, 2.24) is 4.98 Å². The maximum Gasteiger partial charge on any atom is 0.226 e. The predicted octanol–water partition coefficient (Wildman–Crippen LogP) is 2.71. The molecular weight excluding hydrogens is 241 g/mol. The number of hydrogen-bond acceptors (Lipinski definition) is 4. The summed E-state index contributed by atoms with van der Waals surface area (Å²) in [5.74, 6) is 1.59. The predicted molar refractivity (Wildman–Crippen MR) is 65.1 cm³/mol. The van der Waals surface area contributed by atoms with E-state index in [9.17, 15) is 4.39 Å². The molecule has 0 saturated heterocycles. The number of aliphatic hydroxyl groups excluding tert-OH is 1. The summed E-state index contributed by atoms with van der Waals surface area (Å²) in [6.45, 7) is 0.160. The Morgan fingerprint density at radius 2 is 2.06 bits per heavy atom. The summed E-state index contributed by atoms with van der Waals surface area (Å²) in [6, 6.07) is 6.01. The molecular formula is C12H12FNO2S. The maximum absolute atomic E-state index is 12.7. The van der Waals surface area contributed by atoms with Gasteiger partial charge in [0.05, 0.1) is 12.3 Å². The molecule has 0 amide bonds. The number of aliphatic hydroxyl groups is 1. The number of halogens is 1. The third-order valence-corrected chi connectivity index (χ3v) is 3.10. The fraction of sp³-hybridized carbons (Fsp3) is 0.250. The van der Waals surface area contributed by atoms with Crippen molar-refractivity contribution >= 4 is 11.8 Å². The van der Waals surface area contributed by atoms with Gasteiger partial charge in [-0.15, -0.1) is 0 Å². The van der Waals surface area contributed by atoms with E-state index in [1.165, 1.54) is 12.1 Å². The minimum Gasteiger partial charge on any atom is -0.444 e. The molecule has 0 atom stereocenters. The molecule has 1 N–H and O–H groups in total. The van der Waals surface area contributed by atoms with Crippen molar-refractivity contribution < 1.29 is 13.9 Å². The van der Waals surface area contributed by atoms with E-state index in [0.29, 0.717) is 17.4 Å². The van der Waals surface area contributed by atoms with E-state index in [-0.39, 0.29) is 12.4 Å². The fourth-order valence-corrected chi connectivity index (χ4v) is 1.95. The van der Waals surface area contributed by atoms with Crippen molar-refractivity contribution in [2.24, 2.45) is 0 Å².